The van der Waals surface area contributed by atoms with Crippen molar-refractivity contribution in [3.63, 3.8) is 0 Å². The SMILES string of the molecule is C[C@H]1C[C@H](C)CN(C(=O)COC(=O)c2ccc(N3CCCC3)c([N+](=O)[O-])c2)C1. The van der Waals surface area contributed by atoms with Crippen LogP contribution in [-0.4, -0.2) is 54.5 Å². The second-order valence-corrected chi connectivity index (χ2v) is 7.98. The summed E-state index contributed by atoms with van der Waals surface area (Å²) in [4.78, 5) is 39.4. The summed E-state index contributed by atoms with van der Waals surface area (Å²) in [5.74, 6) is -0.106. The number of hydrogen-bond acceptors (Lipinski definition) is 6. The van der Waals surface area contributed by atoms with E-state index in [0.29, 0.717) is 30.6 Å². The number of rotatable bonds is 5. The molecule has 2 atom stereocenters. The highest BCUT2D eigenvalue weighted by Gasteiger charge is 2.27. The van der Waals surface area contributed by atoms with Crippen LogP contribution in [0.4, 0.5) is 11.4 Å². The number of carbonyl (C=O) groups excluding carboxylic acids is 2. The van der Waals surface area contributed by atoms with Gasteiger partial charge in [0.05, 0.1) is 10.5 Å². The molecule has 0 saturated carbocycles. The zero-order valence-electron chi connectivity index (χ0n) is 16.4. The summed E-state index contributed by atoms with van der Waals surface area (Å²) in [5, 5.41) is 11.5. The summed E-state index contributed by atoms with van der Waals surface area (Å²) in [5.41, 5.74) is 0.496. The van der Waals surface area contributed by atoms with Gasteiger partial charge in [-0.3, -0.25) is 14.9 Å². The van der Waals surface area contributed by atoms with Crippen LogP contribution in [0.3, 0.4) is 0 Å². The van der Waals surface area contributed by atoms with Gasteiger partial charge in [0.1, 0.15) is 5.69 Å². The number of anilines is 1. The number of amides is 1. The molecule has 2 aliphatic rings. The first-order chi connectivity index (χ1) is 13.3. The van der Waals surface area contributed by atoms with E-state index in [0.717, 1.165) is 32.4 Å². The molecular formula is C20H27N3O5. The maximum Gasteiger partial charge on any atom is 0.338 e. The van der Waals surface area contributed by atoms with Gasteiger partial charge in [-0.05, 0) is 43.2 Å². The number of piperidine rings is 1. The van der Waals surface area contributed by atoms with Gasteiger partial charge in [-0.15, -0.1) is 0 Å². The molecule has 2 saturated heterocycles. The molecule has 0 bridgehead atoms. The molecule has 2 heterocycles. The molecule has 0 N–H and O–H groups in total. The number of hydrogen-bond donors (Lipinski definition) is 0. The van der Waals surface area contributed by atoms with Crippen LogP contribution in [0.5, 0.6) is 0 Å². The van der Waals surface area contributed by atoms with E-state index >= 15 is 0 Å². The Labute approximate surface area is 164 Å². The van der Waals surface area contributed by atoms with Crippen molar-refractivity contribution in [2.24, 2.45) is 11.8 Å². The lowest BCUT2D eigenvalue weighted by Gasteiger charge is -2.34. The Morgan fingerprint density at radius 2 is 1.82 bits per heavy atom. The Hall–Kier alpha value is -2.64. The summed E-state index contributed by atoms with van der Waals surface area (Å²) in [6.07, 6.45) is 3.07. The number of benzene rings is 1. The van der Waals surface area contributed by atoms with Crippen molar-refractivity contribution < 1.29 is 19.2 Å². The topological polar surface area (TPSA) is 93.0 Å². The molecule has 0 aliphatic carbocycles. The van der Waals surface area contributed by atoms with E-state index in [9.17, 15) is 19.7 Å². The van der Waals surface area contributed by atoms with Crippen molar-refractivity contribution in [2.45, 2.75) is 33.1 Å². The fourth-order valence-electron chi connectivity index (χ4n) is 4.19. The molecule has 0 aromatic heterocycles. The highest BCUT2D eigenvalue weighted by molar-refractivity contribution is 5.93. The molecule has 152 valence electrons. The number of likely N-dealkylation sites (tertiary alicyclic amines) is 1. The number of nitrogens with zero attached hydrogens (tertiary/aromatic N) is 3. The number of nitro benzene ring substituents is 1. The van der Waals surface area contributed by atoms with Crippen molar-refractivity contribution in [1.29, 1.82) is 0 Å². The van der Waals surface area contributed by atoms with E-state index in [-0.39, 0.29) is 23.8 Å². The van der Waals surface area contributed by atoms with Crippen LogP contribution in [0.25, 0.3) is 0 Å². The minimum absolute atomic E-state index is 0.0860. The fourth-order valence-corrected chi connectivity index (χ4v) is 4.19. The van der Waals surface area contributed by atoms with Crippen LogP contribution < -0.4 is 4.90 Å². The van der Waals surface area contributed by atoms with Gasteiger partial charge in [0.25, 0.3) is 11.6 Å². The molecule has 0 radical (unpaired) electrons. The van der Waals surface area contributed by atoms with Crippen LogP contribution in [0.1, 0.15) is 43.5 Å². The van der Waals surface area contributed by atoms with Crippen molar-refractivity contribution >= 4 is 23.3 Å². The standard InChI is InChI=1S/C20H27N3O5/c1-14-9-15(2)12-22(11-14)19(24)13-28-20(25)16-5-6-17(18(10-16)23(26)27)21-7-3-4-8-21/h5-6,10,14-15H,3-4,7-9,11-13H2,1-2H3/t14-,15-/m0/s1. The summed E-state index contributed by atoms with van der Waals surface area (Å²) >= 11 is 0. The third-order valence-corrected chi connectivity index (χ3v) is 5.40. The Kier molecular flexibility index (Phi) is 6.16. The van der Waals surface area contributed by atoms with Crippen LogP contribution in [0.15, 0.2) is 18.2 Å². The van der Waals surface area contributed by atoms with Crippen molar-refractivity contribution in [1.82, 2.24) is 4.90 Å². The molecule has 1 amide bonds. The molecule has 2 fully saturated rings. The monoisotopic (exact) mass is 389 g/mol. The number of carbonyl (C=O) groups is 2. The van der Waals surface area contributed by atoms with Gasteiger partial charge >= 0.3 is 5.97 Å². The number of nitro groups is 1. The Morgan fingerprint density at radius 1 is 1.18 bits per heavy atom. The van der Waals surface area contributed by atoms with Gasteiger partial charge in [-0.25, -0.2) is 4.79 Å². The minimum atomic E-state index is -0.720. The molecule has 8 heteroatoms. The minimum Gasteiger partial charge on any atom is -0.452 e. The normalized spacial score (nSPS) is 22.2. The molecule has 0 spiro atoms. The average molecular weight is 389 g/mol. The molecule has 1 aromatic rings. The maximum absolute atomic E-state index is 12.4. The Balaban J connectivity index is 1.64. The van der Waals surface area contributed by atoms with Gasteiger partial charge < -0.3 is 14.5 Å². The van der Waals surface area contributed by atoms with Crippen LogP contribution >= 0.6 is 0 Å². The van der Waals surface area contributed by atoms with Crippen molar-refractivity contribution in [2.75, 3.05) is 37.7 Å². The Bertz CT molecular complexity index is 750. The summed E-state index contributed by atoms with van der Waals surface area (Å²) < 4.78 is 5.15. The molecular weight excluding hydrogens is 362 g/mol. The van der Waals surface area contributed by atoms with Crippen LogP contribution in [0.2, 0.25) is 0 Å². The quantitative estimate of drug-likeness (QED) is 0.437. The molecule has 3 rings (SSSR count). The van der Waals surface area contributed by atoms with E-state index in [1.165, 1.54) is 12.1 Å². The van der Waals surface area contributed by atoms with Crippen LogP contribution in [0, 0.1) is 22.0 Å². The van der Waals surface area contributed by atoms with Gasteiger partial charge in [0.2, 0.25) is 0 Å². The second-order valence-electron chi connectivity index (χ2n) is 7.98. The average Bonchev–Trinajstić information content (AvgIpc) is 3.19. The summed E-state index contributed by atoms with van der Waals surface area (Å²) in [7, 11) is 0. The molecule has 28 heavy (non-hydrogen) atoms. The Morgan fingerprint density at radius 3 is 2.43 bits per heavy atom. The predicted molar refractivity (Wildman–Crippen MR) is 104 cm³/mol. The smallest absolute Gasteiger partial charge is 0.338 e. The third kappa shape index (κ3) is 4.61. The van der Waals surface area contributed by atoms with Gasteiger partial charge in [0, 0.05) is 32.2 Å². The van der Waals surface area contributed by atoms with Gasteiger partial charge in [-0.2, -0.15) is 0 Å². The van der Waals surface area contributed by atoms with Gasteiger partial charge in [0.15, 0.2) is 6.61 Å². The van der Waals surface area contributed by atoms with E-state index < -0.39 is 10.9 Å². The summed E-state index contributed by atoms with van der Waals surface area (Å²) in [6, 6.07) is 4.36. The zero-order valence-corrected chi connectivity index (χ0v) is 16.4. The fraction of sp³-hybridized carbons (Fsp3) is 0.600. The maximum atomic E-state index is 12.4. The van der Waals surface area contributed by atoms with Crippen molar-refractivity contribution in [3.8, 4) is 0 Å². The lowest BCUT2D eigenvalue weighted by atomic mass is 9.92. The number of ether oxygens (including phenoxy) is 1. The highest BCUT2D eigenvalue weighted by atomic mass is 16.6. The predicted octanol–water partition coefficient (Wildman–Crippen LogP) is 2.86. The largest absolute Gasteiger partial charge is 0.452 e. The highest BCUT2D eigenvalue weighted by Crippen LogP contribution is 2.31. The molecule has 2 aliphatic heterocycles. The van der Waals surface area contributed by atoms with E-state index in [4.69, 9.17) is 4.74 Å². The molecule has 0 unspecified atom stereocenters. The first kappa shape index (κ1) is 20.1. The second kappa shape index (κ2) is 8.58. The van der Waals surface area contributed by atoms with Crippen molar-refractivity contribution in [3.05, 3.63) is 33.9 Å². The first-order valence-electron chi connectivity index (χ1n) is 9.83. The number of esters is 1. The molecule has 1 aromatic carbocycles. The lowest BCUT2D eigenvalue weighted by Crippen LogP contribution is -2.44. The van der Waals surface area contributed by atoms with E-state index in [1.54, 1.807) is 11.0 Å². The first-order valence-corrected chi connectivity index (χ1v) is 9.83. The van der Waals surface area contributed by atoms with E-state index in [1.807, 2.05) is 4.90 Å². The third-order valence-electron chi connectivity index (χ3n) is 5.40. The zero-order chi connectivity index (χ0) is 20.3. The van der Waals surface area contributed by atoms with Gasteiger partial charge in [-0.1, -0.05) is 13.8 Å². The summed E-state index contributed by atoms with van der Waals surface area (Å²) in [6.45, 7) is 6.72. The van der Waals surface area contributed by atoms with E-state index in [2.05, 4.69) is 13.8 Å². The molecule has 8 nitrogen and oxygen atoms in total. The van der Waals surface area contributed by atoms with Crippen LogP contribution in [-0.2, 0) is 9.53 Å². The lowest BCUT2D eigenvalue weighted by molar-refractivity contribution is -0.384.